The Morgan fingerprint density at radius 2 is 1.48 bits per heavy atom. The summed E-state index contributed by atoms with van der Waals surface area (Å²) in [6, 6.07) is 9.65. The number of unbranched alkanes of at least 4 members (excludes halogenated alkanes) is 1. The standard InChI is InChI=1S/C10H12O2.C7H14O2/c1-2-10(11)12-8-9-6-4-3-5-7-9;1-3-5-6-9-7(8)4-2/h3-7H,2,8H2,1H3;3-6H2,1-2H3. The predicted octanol–water partition coefficient (Wildman–Crippen LogP) is 3.88. The van der Waals surface area contributed by atoms with E-state index in [0.717, 1.165) is 18.4 Å². The fourth-order valence-electron chi connectivity index (χ4n) is 1.27. The van der Waals surface area contributed by atoms with E-state index in [4.69, 9.17) is 9.47 Å². The Morgan fingerprint density at radius 1 is 0.905 bits per heavy atom. The van der Waals surface area contributed by atoms with Crippen LogP contribution >= 0.6 is 0 Å². The molecule has 0 radical (unpaired) electrons. The highest BCUT2D eigenvalue weighted by atomic mass is 16.5. The zero-order valence-corrected chi connectivity index (χ0v) is 13.3. The molecule has 0 saturated heterocycles. The summed E-state index contributed by atoms with van der Waals surface area (Å²) in [6.07, 6.45) is 2.99. The monoisotopic (exact) mass is 294 g/mol. The summed E-state index contributed by atoms with van der Waals surface area (Å²) in [4.78, 5) is 21.2. The molecule has 21 heavy (non-hydrogen) atoms. The third kappa shape index (κ3) is 11.7. The quantitative estimate of drug-likeness (QED) is 0.565. The minimum Gasteiger partial charge on any atom is -0.466 e. The molecule has 0 aliphatic heterocycles. The van der Waals surface area contributed by atoms with Crippen molar-refractivity contribution in [3.8, 4) is 0 Å². The minimum atomic E-state index is -0.154. The molecule has 0 heterocycles. The van der Waals surface area contributed by atoms with Crippen LogP contribution in [-0.4, -0.2) is 18.5 Å². The van der Waals surface area contributed by atoms with Gasteiger partial charge in [-0.15, -0.1) is 0 Å². The maximum absolute atomic E-state index is 10.8. The summed E-state index contributed by atoms with van der Waals surface area (Å²) < 4.78 is 9.73. The van der Waals surface area contributed by atoms with E-state index in [0.29, 0.717) is 26.1 Å². The molecule has 0 amide bonds. The molecule has 1 aromatic carbocycles. The number of hydrogen-bond donors (Lipinski definition) is 0. The van der Waals surface area contributed by atoms with Gasteiger partial charge >= 0.3 is 11.9 Å². The van der Waals surface area contributed by atoms with Crippen molar-refractivity contribution in [2.24, 2.45) is 0 Å². The number of carbonyl (C=O) groups is 2. The Balaban J connectivity index is 0.000000400. The van der Waals surface area contributed by atoms with Crippen molar-refractivity contribution < 1.29 is 19.1 Å². The summed E-state index contributed by atoms with van der Waals surface area (Å²) in [6.45, 7) is 6.62. The molecule has 4 heteroatoms. The lowest BCUT2D eigenvalue weighted by Crippen LogP contribution is -2.02. The number of carbonyl (C=O) groups excluding carboxylic acids is 2. The fraction of sp³-hybridized carbons (Fsp3) is 0.529. The lowest BCUT2D eigenvalue weighted by Gasteiger charge is -2.01. The first-order valence-corrected chi connectivity index (χ1v) is 7.49. The van der Waals surface area contributed by atoms with Gasteiger partial charge in [0.2, 0.25) is 0 Å². The average molecular weight is 294 g/mol. The molecule has 118 valence electrons. The van der Waals surface area contributed by atoms with Crippen LogP contribution in [0.1, 0.15) is 52.0 Å². The first-order valence-electron chi connectivity index (χ1n) is 7.49. The van der Waals surface area contributed by atoms with Crippen molar-refractivity contribution in [2.45, 2.75) is 53.1 Å². The minimum absolute atomic E-state index is 0.0940. The molecule has 0 spiro atoms. The number of benzene rings is 1. The van der Waals surface area contributed by atoms with Gasteiger partial charge in [-0.25, -0.2) is 0 Å². The fourth-order valence-corrected chi connectivity index (χ4v) is 1.27. The highest BCUT2D eigenvalue weighted by molar-refractivity contribution is 5.69. The van der Waals surface area contributed by atoms with Crippen LogP contribution in [0.3, 0.4) is 0 Å². The number of rotatable bonds is 7. The topological polar surface area (TPSA) is 52.6 Å². The summed E-state index contributed by atoms with van der Waals surface area (Å²) in [5.41, 5.74) is 1.03. The highest BCUT2D eigenvalue weighted by Crippen LogP contribution is 2.01. The molecule has 0 aliphatic rings. The molecular formula is C17H26O4. The molecule has 4 nitrogen and oxygen atoms in total. The van der Waals surface area contributed by atoms with E-state index < -0.39 is 0 Å². The van der Waals surface area contributed by atoms with Crippen molar-refractivity contribution in [1.29, 1.82) is 0 Å². The molecule has 0 aromatic heterocycles. The van der Waals surface area contributed by atoms with E-state index >= 15 is 0 Å². The molecule has 0 atom stereocenters. The Kier molecular flexibility index (Phi) is 12.0. The Bertz CT molecular complexity index is 387. The summed E-state index contributed by atoms with van der Waals surface area (Å²) in [7, 11) is 0. The maximum atomic E-state index is 10.8. The third-order valence-corrected chi connectivity index (χ3v) is 2.58. The van der Waals surface area contributed by atoms with E-state index in [-0.39, 0.29) is 11.9 Å². The molecule has 1 rings (SSSR count). The summed E-state index contributed by atoms with van der Waals surface area (Å²) in [5.74, 6) is -0.248. The van der Waals surface area contributed by atoms with Gasteiger partial charge in [-0.1, -0.05) is 57.5 Å². The molecular weight excluding hydrogens is 268 g/mol. The second-order valence-electron chi connectivity index (χ2n) is 4.43. The van der Waals surface area contributed by atoms with Gasteiger partial charge in [0.15, 0.2) is 0 Å². The van der Waals surface area contributed by atoms with E-state index in [1.54, 1.807) is 13.8 Å². The maximum Gasteiger partial charge on any atom is 0.305 e. The largest absolute Gasteiger partial charge is 0.466 e. The summed E-state index contributed by atoms with van der Waals surface area (Å²) >= 11 is 0. The van der Waals surface area contributed by atoms with Gasteiger partial charge in [-0.3, -0.25) is 9.59 Å². The third-order valence-electron chi connectivity index (χ3n) is 2.58. The zero-order valence-electron chi connectivity index (χ0n) is 13.3. The van der Waals surface area contributed by atoms with E-state index in [9.17, 15) is 9.59 Å². The molecule has 0 saturated carbocycles. The lowest BCUT2D eigenvalue weighted by molar-refractivity contribution is -0.145. The second kappa shape index (κ2) is 13.2. The highest BCUT2D eigenvalue weighted by Gasteiger charge is 1.97. The van der Waals surface area contributed by atoms with Crippen molar-refractivity contribution in [2.75, 3.05) is 6.61 Å². The van der Waals surface area contributed by atoms with Crippen molar-refractivity contribution in [3.63, 3.8) is 0 Å². The van der Waals surface area contributed by atoms with Crippen LogP contribution in [-0.2, 0) is 25.7 Å². The normalized spacial score (nSPS) is 9.29. The SMILES string of the molecule is CCC(=O)OCc1ccccc1.CCCCOC(=O)CC. The van der Waals surface area contributed by atoms with Gasteiger partial charge in [0.1, 0.15) is 6.61 Å². The molecule has 0 bridgehead atoms. The van der Waals surface area contributed by atoms with Gasteiger partial charge in [-0.05, 0) is 12.0 Å². The number of ether oxygens (including phenoxy) is 2. The van der Waals surface area contributed by atoms with Gasteiger partial charge in [0.25, 0.3) is 0 Å². The van der Waals surface area contributed by atoms with Crippen LogP contribution in [0.4, 0.5) is 0 Å². The van der Waals surface area contributed by atoms with Gasteiger partial charge in [-0.2, -0.15) is 0 Å². The van der Waals surface area contributed by atoms with Crippen LogP contribution in [0.15, 0.2) is 30.3 Å². The van der Waals surface area contributed by atoms with E-state index in [2.05, 4.69) is 6.92 Å². The second-order valence-corrected chi connectivity index (χ2v) is 4.43. The first-order chi connectivity index (χ1) is 10.1. The summed E-state index contributed by atoms with van der Waals surface area (Å²) in [5, 5.41) is 0. The van der Waals surface area contributed by atoms with Crippen LogP contribution < -0.4 is 0 Å². The zero-order chi connectivity index (χ0) is 15.9. The number of esters is 2. The van der Waals surface area contributed by atoms with E-state index in [1.165, 1.54) is 0 Å². The first kappa shape index (κ1) is 19.2. The van der Waals surface area contributed by atoms with Crippen LogP contribution in [0.25, 0.3) is 0 Å². The molecule has 0 N–H and O–H groups in total. The van der Waals surface area contributed by atoms with Crippen molar-refractivity contribution >= 4 is 11.9 Å². The lowest BCUT2D eigenvalue weighted by atomic mass is 10.2. The van der Waals surface area contributed by atoms with Crippen LogP contribution in [0.5, 0.6) is 0 Å². The van der Waals surface area contributed by atoms with Crippen LogP contribution in [0, 0.1) is 0 Å². The van der Waals surface area contributed by atoms with Crippen molar-refractivity contribution in [1.82, 2.24) is 0 Å². The Labute approximate surface area is 127 Å². The van der Waals surface area contributed by atoms with Gasteiger partial charge < -0.3 is 9.47 Å². The number of hydrogen-bond acceptors (Lipinski definition) is 4. The van der Waals surface area contributed by atoms with E-state index in [1.807, 2.05) is 30.3 Å². The Hall–Kier alpha value is -1.84. The smallest absolute Gasteiger partial charge is 0.305 e. The van der Waals surface area contributed by atoms with Crippen LogP contribution in [0.2, 0.25) is 0 Å². The molecule has 0 unspecified atom stereocenters. The molecule has 0 fully saturated rings. The van der Waals surface area contributed by atoms with Gasteiger partial charge in [0, 0.05) is 12.8 Å². The predicted molar refractivity (Wildman–Crippen MR) is 82.7 cm³/mol. The molecule has 1 aromatic rings. The van der Waals surface area contributed by atoms with Gasteiger partial charge in [0.05, 0.1) is 6.61 Å². The molecule has 0 aliphatic carbocycles. The average Bonchev–Trinajstić information content (AvgIpc) is 2.54. The van der Waals surface area contributed by atoms with Crippen molar-refractivity contribution in [3.05, 3.63) is 35.9 Å². The Morgan fingerprint density at radius 3 is 2.00 bits per heavy atom.